The molecule has 0 saturated heterocycles. The molecule has 0 atom stereocenters. The van der Waals surface area contributed by atoms with Gasteiger partial charge < -0.3 is 5.32 Å². The average molecular weight is 449 g/mol. The van der Waals surface area contributed by atoms with Crippen molar-refractivity contribution in [1.29, 1.82) is 0 Å². The second-order valence-corrected chi connectivity index (χ2v) is 8.88. The maximum absolute atomic E-state index is 13.2. The quantitative estimate of drug-likeness (QED) is 0.578. The Bertz CT molecular complexity index is 1090. The molecule has 0 bridgehead atoms. The number of nitrogens with one attached hydrogen (secondary N) is 1. The van der Waals surface area contributed by atoms with Crippen molar-refractivity contribution < 1.29 is 13.2 Å². The summed E-state index contributed by atoms with van der Waals surface area (Å²) in [5.41, 5.74) is 1.13. The van der Waals surface area contributed by atoms with Crippen LogP contribution < -0.4 is 9.62 Å². The number of carbonyl (C=O) groups is 1. The Balaban J connectivity index is 1.84. The van der Waals surface area contributed by atoms with Gasteiger partial charge in [0.05, 0.1) is 10.6 Å². The SMILES string of the molecule is O=C(CN(c1ccccc1)S(=O)(=O)c1ccc(Cl)cc1)NCc1ccccc1Cl. The smallest absolute Gasteiger partial charge is 0.264 e. The van der Waals surface area contributed by atoms with Crippen molar-refractivity contribution in [1.82, 2.24) is 5.32 Å². The molecule has 1 amide bonds. The van der Waals surface area contributed by atoms with Crippen LogP contribution in [0.1, 0.15) is 5.56 Å². The topological polar surface area (TPSA) is 66.5 Å². The van der Waals surface area contributed by atoms with Crippen LogP contribution in [0.5, 0.6) is 0 Å². The van der Waals surface area contributed by atoms with Crippen molar-refractivity contribution in [2.45, 2.75) is 11.4 Å². The van der Waals surface area contributed by atoms with Gasteiger partial charge in [0.15, 0.2) is 0 Å². The first kappa shape index (κ1) is 21.2. The Hall–Kier alpha value is -2.54. The first-order valence-electron chi connectivity index (χ1n) is 8.71. The molecule has 29 heavy (non-hydrogen) atoms. The third kappa shape index (κ3) is 5.29. The zero-order valence-corrected chi connectivity index (χ0v) is 17.6. The molecule has 1 N–H and O–H groups in total. The summed E-state index contributed by atoms with van der Waals surface area (Å²) in [6.07, 6.45) is 0. The molecule has 0 radical (unpaired) electrons. The standard InChI is InChI=1S/C21H18Cl2N2O3S/c22-17-10-12-19(13-11-17)29(27,28)25(18-7-2-1-3-8-18)15-21(26)24-14-16-6-4-5-9-20(16)23/h1-13H,14-15H2,(H,24,26). The Labute approximate surface area is 179 Å². The molecule has 0 aliphatic rings. The monoisotopic (exact) mass is 448 g/mol. The summed E-state index contributed by atoms with van der Waals surface area (Å²) in [4.78, 5) is 12.6. The Morgan fingerprint density at radius 1 is 0.862 bits per heavy atom. The molecule has 150 valence electrons. The first-order chi connectivity index (χ1) is 13.9. The molecule has 0 aliphatic heterocycles. The Kier molecular flexibility index (Phi) is 6.79. The maximum atomic E-state index is 13.2. The van der Waals surface area contributed by atoms with Crippen molar-refractivity contribution in [2.75, 3.05) is 10.8 Å². The number of benzene rings is 3. The molecule has 0 aromatic heterocycles. The molecule has 0 aliphatic carbocycles. The summed E-state index contributed by atoms with van der Waals surface area (Å²) in [6.45, 7) is -0.179. The van der Waals surface area contributed by atoms with Gasteiger partial charge in [0.2, 0.25) is 5.91 Å². The van der Waals surface area contributed by atoms with Crippen LogP contribution in [0.2, 0.25) is 10.0 Å². The normalized spacial score (nSPS) is 11.1. The minimum Gasteiger partial charge on any atom is -0.350 e. The van der Waals surface area contributed by atoms with E-state index in [1.807, 2.05) is 6.07 Å². The largest absolute Gasteiger partial charge is 0.350 e. The number of anilines is 1. The van der Waals surface area contributed by atoms with Gasteiger partial charge in [-0.05, 0) is 48.0 Å². The molecule has 0 spiro atoms. The van der Waals surface area contributed by atoms with Gasteiger partial charge >= 0.3 is 0 Å². The second-order valence-electron chi connectivity index (χ2n) is 6.17. The van der Waals surface area contributed by atoms with Gasteiger partial charge in [-0.25, -0.2) is 8.42 Å². The maximum Gasteiger partial charge on any atom is 0.264 e. The lowest BCUT2D eigenvalue weighted by Gasteiger charge is -2.24. The lowest BCUT2D eigenvalue weighted by molar-refractivity contribution is -0.119. The summed E-state index contributed by atoms with van der Waals surface area (Å²) in [6, 6.07) is 21.4. The van der Waals surface area contributed by atoms with Gasteiger partial charge in [0.25, 0.3) is 10.0 Å². The van der Waals surface area contributed by atoms with Gasteiger partial charge in [-0.3, -0.25) is 9.10 Å². The van der Waals surface area contributed by atoms with Crippen LogP contribution in [-0.2, 0) is 21.4 Å². The van der Waals surface area contributed by atoms with Crippen LogP contribution in [0.15, 0.2) is 83.8 Å². The highest BCUT2D eigenvalue weighted by molar-refractivity contribution is 7.92. The third-order valence-corrected chi connectivity index (χ3v) is 6.58. The minimum absolute atomic E-state index is 0.0460. The molecular weight excluding hydrogens is 431 g/mol. The predicted octanol–water partition coefficient (Wildman–Crippen LogP) is 4.51. The molecule has 3 aromatic carbocycles. The van der Waals surface area contributed by atoms with Gasteiger partial charge in [-0.15, -0.1) is 0 Å². The molecule has 0 fully saturated rings. The Morgan fingerprint density at radius 2 is 1.48 bits per heavy atom. The molecular formula is C21H18Cl2N2O3S. The van der Waals surface area contributed by atoms with Crippen LogP contribution in [0.25, 0.3) is 0 Å². The number of hydrogen-bond acceptors (Lipinski definition) is 3. The second kappa shape index (κ2) is 9.31. The summed E-state index contributed by atoms with van der Waals surface area (Å²) >= 11 is 12.0. The summed E-state index contributed by atoms with van der Waals surface area (Å²) in [5.74, 6) is -0.452. The van der Waals surface area contributed by atoms with Crippen molar-refractivity contribution >= 4 is 44.8 Å². The number of sulfonamides is 1. The van der Waals surface area contributed by atoms with Crippen molar-refractivity contribution in [3.63, 3.8) is 0 Å². The summed E-state index contributed by atoms with van der Waals surface area (Å²) in [5, 5.41) is 3.68. The van der Waals surface area contributed by atoms with E-state index in [4.69, 9.17) is 23.2 Å². The van der Waals surface area contributed by atoms with Crippen LogP contribution in [0, 0.1) is 0 Å². The zero-order chi connectivity index (χ0) is 20.9. The van der Waals surface area contributed by atoms with Gasteiger partial charge in [-0.2, -0.15) is 0 Å². The van der Waals surface area contributed by atoms with Crippen molar-refractivity contribution in [3.8, 4) is 0 Å². The van der Waals surface area contributed by atoms with E-state index in [1.54, 1.807) is 48.5 Å². The van der Waals surface area contributed by atoms with E-state index in [9.17, 15) is 13.2 Å². The predicted molar refractivity (Wildman–Crippen MR) is 116 cm³/mol. The van der Waals surface area contributed by atoms with Crippen LogP contribution in [-0.4, -0.2) is 20.9 Å². The number of amides is 1. The van der Waals surface area contributed by atoms with E-state index in [-0.39, 0.29) is 18.0 Å². The molecule has 8 heteroatoms. The van der Waals surface area contributed by atoms with Crippen LogP contribution >= 0.6 is 23.2 Å². The number of rotatable bonds is 7. The first-order valence-corrected chi connectivity index (χ1v) is 10.9. The van der Waals surface area contributed by atoms with E-state index in [2.05, 4.69) is 5.32 Å². The highest BCUT2D eigenvalue weighted by Gasteiger charge is 2.27. The number of halogens is 2. The highest BCUT2D eigenvalue weighted by Crippen LogP contribution is 2.24. The molecule has 0 heterocycles. The molecule has 0 saturated carbocycles. The van der Waals surface area contributed by atoms with Crippen molar-refractivity contribution in [3.05, 3.63) is 94.5 Å². The Morgan fingerprint density at radius 3 is 2.14 bits per heavy atom. The summed E-state index contributed by atoms with van der Waals surface area (Å²) in [7, 11) is -3.97. The number of hydrogen-bond donors (Lipinski definition) is 1. The highest BCUT2D eigenvalue weighted by atomic mass is 35.5. The average Bonchev–Trinajstić information content (AvgIpc) is 2.72. The molecule has 3 rings (SSSR count). The lowest BCUT2D eigenvalue weighted by Crippen LogP contribution is -2.40. The number of nitrogens with zero attached hydrogens (tertiary/aromatic N) is 1. The number of carbonyl (C=O) groups excluding carboxylic acids is 1. The van der Waals surface area contributed by atoms with Gasteiger partial charge in [0, 0.05) is 16.6 Å². The molecule has 5 nitrogen and oxygen atoms in total. The summed E-state index contributed by atoms with van der Waals surface area (Å²) < 4.78 is 27.4. The van der Waals surface area contributed by atoms with E-state index in [1.165, 1.54) is 24.3 Å². The zero-order valence-electron chi connectivity index (χ0n) is 15.3. The van der Waals surface area contributed by atoms with Gasteiger partial charge in [0.1, 0.15) is 6.54 Å². The molecule has 3 aromatic rings. The minimum atomic E-state index is -3.97. The van der Waals surface area contributed by atoms with E-state index < -0.39 is 15.9 Å². The molecule has 0 unspecified atom stereocenters. The van der Waals surface area contributed by atoms with E-state index >= 15 is 0 Å². The van der Waals surface area contributed by atoms with E-state index in [0.29, 0.717) is 15.7 Å². The van der Waals surface area contributed by atoms with Crippen molar-refractivity contribution in [2.24, 2.45) is 0 Å². The van der Waals surface area contributed by atoms with Gasteiger partial charge in [-0.1, -0.05) is 59.6 Å². The third-order valence-electron chi connectivity index (χ3n) is 4.17. The lowest BCUT2D eigenvalue weighted by atomic mass is 10.2. The fourth-order valence-electron chi connectivity index (χ4n) is 2.67. The van der Waals surface area contributed by atoms with E-state index in [0.717, 1.165) is 9.87 Å². The number of para-hydroxylation sites is 1. The fourth-order valence-corrected chi connectivity index (χ4v) is 4.41. The van der Waals surface area contributed by atoms with Crippen LogP contribution in [0.3, 0.4) is 0 Å². The van der Waals surface area contributed by atoms with Crippen LogP contribution in [0.4, 0.5) is 5.69 Å². The fraction of sp³-hybridized carbons (Fsp3) is 0.0952.